The highest BCUT2D eigenvalue weighted by Gasteiger charge is 2.43. The predicted molar refractivity (Wildman–Crippen MR) is 108 cm³/mol. The molecule has 1 aliphatic rings. The molecule has 0 aromatic heterocycles. The van der Waals surface area contributed by atoms with E-state index in [2.05, 4.69) is 86.6 Å². The van der Waals surface area contributed by atoms with Crippen LogP contribution in [0.3, 0.4) is 0 Å². The third-order valence-corrected chi connectivity index (χ3v) is 8.70. The Hall–Kier alpha value is -1.50. The van der Waals surface area contributed by atoms with Gasteiger partial charge in [0.05, 0.1) is 0 Å². The first-order valence-corrected chi connectivity index (χ1v) is 10.6. The summed E-state index contributed by atoms with van der Waals surface area (Å²) in [5, 5.41) is 2.78. The molecule has 2 aromatic carbocycles. The van der Waals surface area contributed by atoms with Crippen LogP contribution in [0, 0.1) is 11.8 Å². The number of nitrogens with zero attached hydrogens (tertiary/aromatic N) is 1. The second-order valence-electron chi connectivity index (χ2n) is 7.27. The van der Waals surface area contributed by atoms with Crippen LogP contribution in [0.1, 0.15) is 19.8 Å². The normalized spacial score (nSPS) is 24.6. The van der Waals surface area contributed by atoms with Crippen molar-refractivity contribution in [2.24, 2.45) is 11.8 Å². The maximum atomic E-state index is 12.1. The highest BCUT2D eigenvalue weighted by Crippen LogP contribution is 2.52. The van der Waals surface area contributed by atoms with Crippen molar-refractivity contribution in [3.63, 3.8) is 0 Å². The van der Waals surface area contributed by atoms with Crippen LogP contribution >= 0.6 is 7.92 Å². The van der Waals surface area contributed by atoms with Gasteiger partial charge in [0.25, 0.3) is 0 Å². The van der Waals surface area contributed by atoms with Crippen LogP contribution in [-0.4, -0.2) is 37.0 Å². The Morgan fingerprint density at radius 2 is 1.48 bits per heavy atom. The summed E-state index contributed by atoms with van der Waals surface area (Å²) in [6, 6.07) is 22.0. The topological polar surface area (TPSA) is 20.3 Å². The molecule has 0 saturated heterocycles. The Kier molecular flexibility index (Phi) is 6.04. The summed E-state index contributed by atoms with van der Waals surface area (Å²) < 4.78 is 0. The molecule has 1 aliphatic carbocycles. The fourth-order valence-corrected chi connectivity index (χ4v) is 7.27. The number of hydrogen-bond donors (Lipinski definition) is 0. The smallest absolute Gasteiger partial charge is 0.124 e. The molecule has 25 heavy (non-hydrogen) atoms. The minimum atomic E-state index is -0.518. The standard InChI is InChI=1S/C22H28NOP/c1-17(23(2)3)20-14-15-22(21(20)16-24)25(18-10-6-4-7-11-18)19-12-8-5-9-13-19/h4-13,16-17,20-22H,14-15H2,1-3H3/t17-,20?,21?,22?/m1/s1. The Labute approximate surface area is 153 Å². The van der Waals surface area contributed by atoms with Crippen LogP contribution in [0.2, 0.25) is 0 Å². The first kappa shape index (κ1) is 18.3. The van der Waals surface area contributed by atoms with E-state index in [-0.39, 0.29) is 5.92 Å². The molecule has 0 heterocycles. The van der Waals surface area contributed by atoms with Gasteiger partial charge in [-0.2, -0.15) is 0 Å². The lowest BCUT2D eigenvalue weighted by Gasteiger charge is -2.33. The van der Waals surface area contributed by atoms with Crippen molar-refractivity contribution < 1.29 is 4.79 Å². The molecule has 0 spiro atoms. The molecular formula is C22H28NOP. The number of hydrogen-bond acceptors (Lipinski definition) is 2. The largest absolute Gasteiger partial charge is 0.306 e. The number of benzene rings is 2. The Bertz CT molecular complexity index is 633. The maximum Gasteiger partial charge on any atom is 0.124 e. The van der Waals surface area contributed by atoms with Gasteiger partial charge in [0.15, 0.2) is 0 Å². The minimum absolute atomic E-state index is 0.143. The van der Waals surface area contributed by atoms with E-state index in [1.54, 1.807) is 0 Å². The van der Waals surface area contributed by atoms with E-state index in [9.17, 15) is 4.79 Å². The van der Waals surface area contributed by atoms with Crippen molar-refractivity contribution >= 4 is 24.8 Å². The van der Waals surface area contributed by atoms with Gasteiger partial charge in [-0.25, -0.2) is 0 Å². The summed E-state index contributed by atoms with van der Waals surface area (Å²) in [6.07, 6.45) is 3.54. The maximum absolute atomic E-state index is 12.1. The Morgan fingerprint density at radius 1 is 0.960 bits per heavy atom. The van der Waals surface area contributed by atoms with Gasteiger partial charge in [-0.3, -0.25) is 0 Å². The van der Waals surface area contributed by atoms with Crippen molar-refractivity contribution in [2.75, 3.05) is 14.1 Å². The van der Waals surface area contributed by atoms with Gasteiger partial charge in [0.2, 0.25) is 0 Å². The van der Waals surface area contributed by atoms with Gasteiger partial charge in [-0.05, 0) is 64.0 Å². The molecule has 2 aromatic rings. The zero-order valence-electron chi connectivity index (χ0n) is 15.4. The van der Waals surface area contributed by atoms with Crippen molar-refractivity contribution in [3.8, 4) is 0 Å². The average molecular weight is 353 g/mol. The minimum Gasteiger partial charge on any atom is -0.306 e. The van der Waals surface area contributed by atoms with Gasteiger partial charge < -0.3 is 9.69 Å². The molecular weight excluding hydrogens is 325 g/mol. The van der Waals surface area contributed by atoms with Crippen LogP contribution in [0.5, 0.6) is 0 Å². The number of carbonyl (C=O) groups is 1. The summed E-state index contributed by atoms with van der Waals surface area (Å²) >= 11 is 0. The average Bonchev–Trinajstić information content (AvgIpc) is 3.06. The third-order valence-electron chi connectivity index (χ3n) is 5.73. The lowest BCUT2D eigenvalue weighted by molar-refractivity contribution is -0.112. The molecule has 0 amide bonds. The Morgan fingerprint density at radius 3 is 1.92 bits per heavy atom. The second kappa shape index (κ2) is 8.25. The van der Waals surface area contributed by atoms with Gasteiger partial charge >= 0.3 is 0 Å². The first-order chi connectivity index (χ1) is 12.1. The second-order valence-corrected chi connectivity index (χ2v) is 9.70. The summed E-state index contributed by atoms with van der Waals surface area (Å²) in [5.74, 6) is 0.596. The fourth-order valence-electron chi connectivity index (χ4n) is 4.18. The molecule has 3 unspecified atom stereocenters. The predicted octanol–water partition coefficient (Wildman–Crippen LogP) is 3.66. The van der Waals surface area contributed by atoms with Crippen LogP contribution in [0.15, 0.2) is 60.7 Å². The number of aldehydes is 1. The molecule has 0 bridgehead atoms. The molecule has 132 valence electrons. The van der Waals surface area contributed by atoms with Crippen molar-refractivity contribution in [2.45, 2.75) is 31.5 Å². The fraction of sp³-hybridized carbons (Fsp3) is 0.409. The van der Waals surface area contributed by atoms with E-state index in [4.69, 9.17) is 0 Å². The highest BCUT2D eigenvalue weighted by molar-refractivity contribution is 7.73. The van der Waals surface area contributed by atoms with E-state index in [1.807, 2.05) is 0 Å². The van der Waals surface area contributed by atoms with Crippen LogP contribution in [0.25, 0.3) is 0 Å². The Balaban J connectivity index is 1.98. The first-order valence-electron chi connectivity index (χ1n) is 9.14. The molecule has 4 atom stereocenters. The summed E-state index contributed by atoms with van der Waals surface area (Å²) in [4.78, 5) is 14.4. The molecule has 2 nitrogen and oxygen atoms in total. The monoisotopic (exact) mass is 353 g/mol. The summed E-state index contributed by atoms with van der Waals surface area (Å²) in [7, 11) is 3.73. The molecule has 1 fully saturated rings. The highest BCUT2D eigenvalue weighted by atomic mass is 31.1. The lowest BCUT2D eigenvalue weighted by Crippen LogP contribution is -2.37. The van der Waals surface area contributed by atoms with E-state index in [0.29, 0.717) is 17.6 Å². The van der Waals surface area contributed by atoms with Crippen molar-refractivity contribution in [3.05, 3.63) is 60.7 Å². The number of rotatable bonds is 6. The number of carbonyl (C=O) groups excluding carboxylic acids is 1. The summed E-state index contributed by atoms with van der Waals surface area (Å²) in [6.45, 7) is 2.26. The quantitative estimate of drug-likeness (QED) is 0.583. The summed E-state index contributed by atoms with van der Waals surface area (Å²) in [5.41, 5.74) is 0.435. The van der Waals surface area contributed by atoms with E-state index < -0.39 is 7.92 Å². The lowest BCUT2D eigenvalue weighted by atomic mass is 9.90. The van der Waals surface area contributed by atoms with Gasteiger partial charge in [-0.1, -0.05) is 60.7 Å². The molecule has 3 heteroatoms. The zero-order valence-corrected chi connectivity index (χ0v) is 16.3. The zero-order chi connectivity index (χ0) is 17.8. The van der Waals surface area contributed by atoms with Gasteiger partial charge in [-0.15, -0.1) is 0 Å². The molecule has 3 rings (SSSR count). The van der Waals surface area contributed by atoms with E-state index in [1.165, 1.54) is 16.9 Å². The molecule has 0 aliphatic heterocycles. The molecule has 0 N–H and O–H groups in total. The van der Waals surface area contributed by atoms with Crippen LogP contribution in [-0.2, 0) is 4.79 Å². The SMILES string of the molecule is C[C@H](C1CCC(P(c2ccccc2)c2ccccc2)C1C=O)N(C)C. The molecule has 1 saturated carbocycles. The van der Waals surface area contributed by atoms with Gasteiger partial charge in [0, 0.05) is 12.0 Å². The van der Waals surface area contributed by atoms with E-state index >= 15 is 0 Å². The van der Waals surface area contributed by atoms with Gasteiger partial charge in [0.1, 0.15) is 6.29 Å². The van der Waals surface area contributed by atoms with Crippen LogP contribution < -0.4 is 10.6 Å². The third kappa shape index (κ3) is 3.86. The van der Waals surface area contributed by atoms with Crippen molar-refractivity contribution in [1.29, 1.82) is 0 Å². The van der Waals surface area contributed by atoms with Crippen molar-refractivity contribution in [1.82, 2.24) is 4.90 Å². The van der Waals surface area contributed by atoms with E-state index in [0.717, 1.165) is 12.8 Å². The molecule has 0 radical (unpaired) electrons. The van der Waals surface area contributed by atoms with Crippen LogP contribution in [0.4, 0.5) is 0 Å².